The quantitative estimate of drug-likeness (QED) is 0.646. The van der Waals surface area contributed by atoms with E-state index in [4.69, 9.17) is 39.5 Å². The van der Waals surface area contributed by atoms with Gasteiger partial charge in [-0.25, -0.2) is 0 Å². The van der Waals surface area contributed by atoms with Crippen molar-refractivity contribution in [3.05, 3.63) is 57.0 Å². The fourth-order valence-corrected chi connectivity index (χ4v) is 2.41. The van der Waals surface area contributed by atoms with Crippen molar-refractivity contribution in [1.29, 1.82) is 0 Å². The van der Waals surface area contributed by atoms with E-state index < -0.39 is 0 Å². The number of anilines is 1. The summed E-state index contributed by atoms with van der Waals surface area (Å²) in [5.41, 5.74) is 0.898. The molecule has 0 aliphatic heterocycles. The van der Waals surface area contributed by atoms with Crippen molar-refractivity contribution >= 4 is 46.4 Å². The van der Waals surface area contributed by atoms with Gasteiger partial charge in [0.05, 0.1) is 26.9 Å². The van der Waals surface area contributed by atoms with Crippen LogP contribution >= 0.6 is 34.8 Å². The zero-order valence-electron chi connectivity index (χ0n) is 12.7. The largest absolute Gasteiger partial charge is 0.491 e. The Labute approximate surface area is 150 Å². The first-order valence-corrected chi connectivity index (χ1v) is 8.26. The van der Waals surface area contributed by atoms with Gasteiger partial charge in [-0.3, -0.25) is 4.79 Å². The van der Waals surface area contributed by atoms with E-state index in [1.165, 1.54) is 12.1 Å². The Hall–Kier alpha value is -1.42. The Kier molecular flexibility index (Phi) is 6.17. The summed E-state index contributed by atoms with van der Waals surface area (Å²) in [6, 6.07) is 9.92. The molecule has 2 aromatic rings. The molecule has 122 valence electrons. The molecule has 0 aromatic heterocycles. The minimum absolute atomic E-state index is 0.129. The predicted molar refractivity (Wildman–Crippen MR) is 96.2 cm³/mol. The Morgan fingerprint density at radius 3 is 2.30 bits per heavy atom. The maximum Gasteiger partial charge on any atom is 0.255 e. The fourth-order valence-electron chi connectivity index (χ4n) is 1.81. The van der Waals surface area contributed by atoms with E-state index in [9.17, 15) is 4.79 Å². The fraction of sp³-hybridized carbons (Fsp3) is 0.235. The van der Waals surface area contributed by atoms with E-state index in [0.29, 0.717) is 26.3 Å². The Balaban J connectivity index is 2.10. The van der Waals surface area contributed by atoms with Crippen LogP contribution in [0.1, 0.15) is 30.6 Å². The van der Waals surface area contributed by atoms with E-state index >= 15 is 0 Å². The van der Waals surface area contributed by atoms with Crippen molar-refractivity contribution < 1.29 is 9.53 Å². The topological polar surface area (TPSA) is 38.3 Å². The smallest absolute Gasteiger partial charge is 0.255 e. The Bertz CT molecular complexity index is 702. The van der Waals surface area contributed by atoms with E-state index in [1.54, 1.807) is 24.3 Å². The molecular weight excluding hydrogens is 357 g/mol. The third-order valence-electron chi connectivity index (χ3n) is 3.29. The molecule has 0 heterocycles. The highest BCUT2D eigenvalue weighted by Crippen LogP contribution is 2.32. The second-order valence-corrected chi connectivity index (χ2v) is 6.28. The van der Waals surface area contributed by atoms with Crippen LogP contribution in [-0.2, 0) is 0 Å². The van der Waals surface area contributed by atoms with Crippen LogP contribution < -0.4 is 10.1 Å². The van der Waals surface area contributed by atoms with Crippen LogP contribution in [0.3, 0.4) is 0 Å². The average Bonchev–Trinajstić information content (AvgIpc) is 2.53. The van der Waals surface area contributed by atoms with Gasteiger partial charge in [0.25, 0.3) is 5.91 Å². The molecule has 0 spiro atoms. The van der Waals surface area contributed by atoms with Crippen LogP contribution in [0.5, 0.6) is 5.75 Å². The van der Waals surface area contributed by atoms with Crippen LogP contribution in [0.15, 0.2) is 36.4 Å². The third kappa shape index (κ3) is 4.77. The van der Waals surface area contributed by atoms with Crippen LogP contribution in [0.4, 0.5) is 5.69 Å². The molecule has 1 amide bonds. The first-order chi connectivity index (χ1) is 10.9. The number of carbonyl (C=O) groups excluding carboxylic acids is 1. The number of halogens is 3. The molecule has 1 N–H and O–H groups in total. The molecule has 0 radical (unpaired) electrons. The van der Waals surface area contributed by atoms with E-state index in [-0.39, 0.29) is 12.0 Å². The highest BCUT2D eigenvalue weighted by molar-refractivity contribution is 6.44. The molecule has 0 bridgehead atoms. The summed E-state index contributed by atoms with van der Waals surface area (Å²) in [5, 5.41) is 3.69. The lowest BCUT2D eigenvalue weighted by atomic mass is 10.2. The van der Waals surface area contributed by atoms with E-state index in [2.05, 4.69) is 5.32 Å². The molecule has 1 atom stereocenters. The summed E-state index contributed by atoms with van der Waals surface area (Å²) >= 11 is 17.9. The number of ether oxygens (including phenoxy) is 1. The standard InChI is InChI=1S/C17H16Cl3NO2/c1-3-10(2)23-12-6-4-11(5-7-12)17(22)21-16-9-14(19)13(18)8-15(16)20/h4-10H,3H2,1-2H3,(H,21,22). The van der Waals surface area contributed by atoms with Gasteiger partial charge in [0.2, 0.25) is 0 Å². The number of hydrogen-bond acceptors (Lipinski definition) is 2. The van der Waals surface area contributed by atoms with E-state index in [1.807, 2.05) is 13.8 Å². The number of nitrogens with one attached hydrogen (secondary N) is 1. The second-order valence-electron chi connectivity index (χ2n) is 5.06. The summed E-state index contributed by atoms with van der Waals surface area (Å²) in [6.07, 6.45) is 1.04. The molecule has 0 fully saturated rings. The highest BCUT2D eigenvalue weighted by atomic mass is 35.5. The molecule has 0 saturated heterocycles. The molecule has 23 heavy (non-hydrogen) atoms. The first-order valence-electron chi connectivity index (χ1n) is 7.13. The summed E-state index contributed by atoms with van der Waals surface area (Å²) in [6.45, 7) is 4.04. The molecule has 0 aliphatic rings. The molecule has 0 saturated carbocycles. The number of carbonyl (C=O) groups is 1. The van der Waals surface area contributed by atoms with Crippen molar-refractivity contribution in [3.8, 4) is 5.75 Å². The predicted octanol–water partition coefficient (Wildman–Crippen LogP) is 6.08. The number of amides is 1. The van der Waals surface area contributed by atoms with Gasteiger partial charge in [0.15, 0.2) is 0 Å². The van der Waals surface area contributed by atoms with Crippen molar-refractivity contribution in [3.63, 3.8) is 0 Å². The number of rotatable bonds is 5. The minimum atomic E-state index is -0.291. The van der Waals surface area contributed by atoms with Crippen LogP contribution in [0.25, 0.3) is 0 Å². The second kappa shape index (κ2) is 7.91. The van der Waals surface area contributed by atoms with Crippen molar-refractivity contribution in [2.75, 3.05) is 5.32 Å². The molecule has 1 unspecified atom stereocenters. The first kappa shape index (κ1) is 17.9. The van der Waals surface area contributed by atoms with Gasteiger partial charge >= 0.3 is 0 Å². The lowest BCUT2D eigenvalue weighted by molar-refractivity contribution is 0.102. The van der Waals surface area contributed by atoms with Gasteiger partial charge in [-0.2, -0.15) is 0 Å². The van der Waals surface area contributed by atoms with Gasteiger partial charge in [-0.15, -0.1) is 0 Å². The zero-order valence-corrected chi connectivity index (χ0v) is 15.0. The molecule has 6 heteroatoms. The molecule has 0 aliphatic carbocycles. The highest BCUT2D eigenvalue weighted by Gasteiger charge is 2.11. The summed E-state index contributed by atoms with van der Waals surface area (Å²) < 4.78 is 5.68. The lowest BCUT2D eigenvalue weighted by Gasteiger charge is -2.13. The van der Waals surface area contributed by atoms with Crippen LogP contribution in [0.2, 0.25) is 15.1 Å². The average molecular weight is 373 g/mol. The summed E-state index contributed by atoms with van der Waals surface area (Å²) in [7, 11) is 0. The Morgan fingerprint density at radius 1 is 1.09 bits per heavy atom. The maximum atomic E-state index is 12.3. The number of benzene rings is 2. The minimum Gasteiger partial charge on any atom is -0.491 e. The van der Waals surface area contributed by atoms with Crippen LogP contribution in [0, 0.1) is 0 Å². The molecule has 3 nitrogen and oxygen atoms in total. The summed E-state index contributed by atoms with van der Waals surface area (Å²) in [4.78, 5) is 12.3. The summed E-state index contributed by atoms with van der Waals surface area (Å²) in [5.74, 6) is 0.434. The van der Waals surface area contributed by atoms with Gasteiger partial charge in [-0.05, 0) is 49.7 Å². The van der Waals surface area contributed by atoms with Crippen molar-refractivity contribution in [2.24, 2.45) is 0 Å². The van der Waals surface area contributed by atoms with Gasteiger partial charge in [0, 0.05) is 5.56 Å². The van der Waals surface area contributed by atoms with Gasteiger partial charge in [0.1, 0.15) is 5.75 Å². The number of hydrogen-bond donors (Lipinski definition) is 1. The molecular formula is C17H16Cl3NO2. The van der Waals surface area contributed by atoms with Crippen molar-refractivity contribution in [1.82, 2.24) is 0 Å². The molecule has 2 aromatic carbocycles. The van der Waals surface area contributed by atoms with Crippen LogP contribution in [-0.4, -0.2) is 12.0 Å². The van der Waals surface area contributed by atoms with Gasteiger partial charge in [-0.1, -0.05) is 41.7 Å². The van der Waals surface area contributed by atoms with Gasteiger partial charge < -0.3 is 10.1 Å². The maximum absolute atomic E-state index is 12.3. The monoisotopic (exact) mass is 371 g/mol. The SMILES string of the molecule is CCC(C)Oc1ccc(C(=O)Nc2cc(Cl)c(Cl)cc2Cl)cc1. The van der Waals surface area contributed by atoms with Crippen molar-refractivity contribution in [2.45, 2.75) is 26.4 Å². The molecule has 2 rings (SSSR count). The third-order valence-corrected chi connectivity index (χ3v) is 4.32. The van der Waals surface area contributed by atoms with E-state index in [0.717, 1.165) is 12.2 Å². The lowest BCUT2D eigenvalue weighted by Crippen LogP contribution is -2.13. The zero-order chi connectivity index (χ0) is 17.0. The normalized spacial score (nSPS) is 11.9. The Morgan fingerprint density at radius 2 is 1.70 bits per heavy atom.